The van der Waals surface area contributed by atoms with Gasteiger partial charge in [-0.1, -0.05) is 115 Å². The second-order valence-corrected chi connectivity index (χ2v) is 17.2. The first-order valence-corrected chi connectivity index (χ1v) is 21.6. The third kappa shape index (κ3) is 6.04. The van der Waals surface area contributed by atoms with Crippen LogP contribution in [0.25, 0.3) is 119 Å². The maximum absolute atomic E-state index is 5.34. The summed E-state index contributed by atoms with van der Waals surface area (Å²) in [6.07, 6.45) is 3.69. The van der Waals surface area contributed by atoms with E-state index < -0.39 is 0 Å². The number of pyridine rings is 1. The molecule has 0 saturated carbocycles. The van der Waals surface area contributed by atoms with Crippen molar-refractivity contribution < 1.29 is 0 Å². The molecule has 4 heterocycles. The molecule has 4 nitrogen and oxygen atoms in total. The SMILES string of the molecule is c1cncc(-c2cccc(-c3nc(-c4cc(-c5ccc6sc7ccccc7c6c5)cc(-c5ccc6sc7ccccc7c6c5)c4)nc(-c4cccc5ccccc45)n3)c2)c1. The van der Waals surface area contributed by atoms with Crippen LogP contribution in [0.2, 0.25) is 0 Å². The van der Waals surface area contributed by atoms with E-state index >= 15 is 0 Å². The Morgan fingerprint density at radius 3 is 1.48 bits per heavy atom. The Kier molecular flexibility index (Phi) is 8.18. The predicted molar refractivity (Wildman–Crippen MR) is 254 cm³/mol. The van der Waals surface area contributed by atoms with Gasteiger partial charge in [0, 0.05) is 75.0 Å². The molecular weight excluding hydrogens is 769 g/mol. The third-order valence-electron chi connectivity index (χ3n) is 11.4. The summed E-state index contributed by atoms with van der Waals surface area (Å²) in [7, 11) is 0. The maximum Gasteiger partial charge on any atom is 0.164 e. The lowest BCUT2D eigenvalue weighted by Crippen LogP contribution is -2.01. The summed E-state index contributed by atoms with van der Waals surface area (Å²) in [6, 6.07) is 65.1. The number of benzene rings is 8. The van der Waals surface area contributed by atoms with Crippen LogP contribution < -0.4 is 0 Å². The molecule has 0 aliphatic heterocycles. The highest BCUT2D eigenvalue weighted by atomic mass is 32.1. The molecular formula is C54H32N4S2. The summed E-state index contributed by atoms with van der Waals surface area (Å²) in [5.41, 5.74) is 9.35. The van der Waals surface area contributed by atoms with Crippen LogP contribution in [0.3, 0.4) is 0 Å². The van der Waals surface area contributed by atoms with Gasteiger partial charge in [0.1, 0.15) is 0 Å². The van der Waals surface area contributed by atoms with Gasteiger partial charge in [0.2, 0.25) is 0 Å². The summed E-state index contributed by atoms with van der Waals surface area (Å²) in [5, 5.41) is 7.31. The van der Waals surface area contributed by atoms with Gasteiger partial charge in [-0.05, 0) is 105 Å². The molecule has 0 bridgehead atoms. The normalized spacial score (nSPS) is 11.7. The Balaban J connectivity index is 1.10. The molecule has 8 aromatic carbocycles. The van der Waals surface area contributed by atoms with Gasteiger partial charge < -0.3 is 0 Å². The molecule has 4 aromatic heterocycles. The molecule has 0 atom stereocenters. The molecule has 0 aliphatic carbocycles. The minimum Gasteiger partial charge on any atom is -0.264 e. The second kappa shape index (κ2) is 14.2. The average Bonchev–Trinajstić information content (AvgIpc) is 3.89. The lowest BCUT2D eigenvalue weighted by Gasteiger charge is -2.14. The quantitative estimate of drug-likeness (QED) is 0.168. The second-order valence-electron chi connectivity index (χ2n) is 15.1. The van der Waals surface area contributed by atoms with Crippen LogP contribution in [0.15, 0.2) is 194 Å². The van der Waals surface area contributed by atoms with E-state index in [1.165, 1.54) is 40.3 Å². The number of thiophene rings is 2. The predicted octanol–water partition coefficient (Wildman–Crippen LogP) is 15.2. The van der Waals surface area contributed by atoms with E-state index in [0.717, 1.165) is 60.8 Å². The standard InChI is InChI=1S/C54H32N4S2/c1-2-15-42-33(10-1)11-8-18-45(42)54-57-52(37-13-7-12-34(26-37)38-14-9-25-55-32-38)56-53(58-54)41-28-39(35-21-23-50-46(30-35)43-16-3-5-19-48(43)59-50)27-40(29-41)36-22-24-51-47(31-36)44-17-4-6-20-49(44)60-51/h1-32H. The van der Waals surface area contributed by atoms with E-state index in [2.05, 4.69) is 181 Å². The van der Waals surface area contributed by atoms with E-state index in [4.69, 9.17) is 15.0 Å². The monoisotopic (exact) mass is 800 g/mol. The number of hydrogen-bond donors (Lipinski definition) is 0. The Morgan fingerprint density at radius 1 is 0.300 bits per heavy atom. The summed E-state index contributed by atoms with van der Waals surface area (Å²) in [5.74, 6) is 1.85. The van der Waals surface area contributed by atoms with Crippen molar-refractivity contribution in [3.63, 3.8) is 0 Å². The Labute approximate surface area is 353 Å². The number of aromatic nitrogens is 4. The van der Waals surface area contributed by atoms with E-state index in [-0.39, 0.29) is 0 Å². The molecule has 12 aromatic rings. The van der Waals surface area contributed by atoms with Gasteiger partial charge in [0.15, 0.2) is 17.5 Å². The lowest BCUT2D eigenvalue weighted by atomic mass is 9.94. The molecule has 0 N–H and O–H groups in total. The summed E-state index contributed by atoms with van der Waals surface area (Å²) >= 11 is 3.68. The highest BCUT2D eigenvalue weighted by Gasteiger charge is 2.18. The first-order valence-electron chi connectivity index (χ1n) is 19.9. The van der Waals surface area contributed by atoms with Crippen molar-refractivity contribution in [1.29, 1.82) is 0 Å². The van der Waals surface area contributed by atoms with E-state index in [1.54, 1.807) is 6.20 Å². The highest BCUT2D eigenvalue weighted by molar-refractivity contribution is 7.26. The molecule has 280 valence electrons. The van der Waals surface area contributed by atoms with Crippen LogP contribution in [0, 0.1) is 0 Å². The molecule has 0 saturated heterocycles. The minimum atomic E-state index is 0.609. The van der Waals surface area contributed by atoms with E-state index in [9.17, 15) is 0 Å². The van der Waals surface area contributed by atoms with Crippen LogP contribution in [0.4, 0.5) is 0 Å². The van der Waals surface area contributed by atoms with Crippen molar-refractivity contribution in [3.8, 4) is 67.5 Å². The maximum atomic E-state index is 5.34. The van der Waals surface area contributed by atoms with Crippen molar-refractivity contribution in [3.05, 3.63) is 194 Å². The van der Waals surface area contributed by atoms with Gasteiger partial charge in [0.05, 0.1) is 0 Å². The lowest BCUT2D eigenvalue weighted by molar-refractivity contribution is 1.08. The van der Waals surface area contributed by atoms with Gasteiger partial charge in [0.25, 0.3) is 0 Å². The van der Waals surface area contributed by atoms with Crippen molar-refractivity contribution in [2.24, 2.45) is 0 Å². The van der Waals surface area contributed by atoms with Crippen molar-refractivity contribution in [1.82, 2.24) is 19.9 Å². The fourth-order valence-electron chi connectivity index (χ4n) is 8.45. The molecule has 0 fully saturated rings. The zero-order valence-electron chi connectivity index (χ0n) is 32.1. The molecule has 0 radical (unpaired) electrons. The van der Waals surface area contributed by atoms with Crippen LogP contribution in [0.5, 0.6) is 0 Å². The van der Waals surface area contributed by atoms with Gasteiger partial charge in [-0.25, -0.2) is 15.0 Å². The number of fused-ring (bicyclic) bond motifs is 7. The Hall–Kier alpha value is -7.38. The van der Waals surface area contributed by atoms with E-state index in [1.807, 2.05) is 34.9 Å². The first kappa shape index (κ1) is 34.6. The molecule has 0 aliphatic rings. The Morgan fingerprint density at radius 2 is 0.800 bits per heavy atom. The smallest absolute Gasteiger partial charge is 0.164 e. The number of nitrogens with zero attached hydrogens (tertiary/aromatic N) is 4. The summed E-state index contributed by atoms with van der Waals surface area (Å²) in [6.45, 7) is 0. The Bertz CT molecular complexity index is 3490. The van der Waals surface area contributed by atoms with Gasteiger partial charge >= 0.3 is 0 Å². The molecule has 12 rings (SSSR count). The minimum absolute atomic E-state index is 0.609. The molecule has 6 heteroatoms. The van der Waals surface area contributed by atoms with Crippen LogP contribution in [-0.4, -0.2) is 19.9 Å². The van der Waals surface area contributed by atoms with Crippen LogP contribution in [-0.2, 0) is 0 Å². The number of hydrogen-bond acceptors (Lipinski definition) is 6. The molecule has 60 heavy (non-hydrogen) atoms. The van der Waals surface area contributed by atoms with E-state index in [0.29, 0.717) is 17.5 Å². The van der Waals surface area contributed by atoms with Gasteiger partial charge in [-0.15, -0.1) is 22.7 Å². The largest absolute Gasteiger partial charge is 0.264 e. The highest BCUT2D eigenvalue weighted by Crippen LogP contribution is 2.41. The van der Waals surface area contributed by atoms with Crippen molar-refractivity contribution in [2.75, 3.05) is 0 Å². The zero-order valence-corrected chi connectivity index (χ0v) is 33.7. The van der Waals surface area contributed by atoms with Crippen LogP contribution in [0.1, 0.15) is 0 Å². The fourth-order valence-corrected chi connectivity index (χ4v) is 10.6. The van der Waals surface area contributed by atoms with Crippen molar-refractivity contribution in [2.45, 2.75) is 0 Å². The van der Waals surface area contributed by atoms with Gasteiger partial charge in [-0.3, -0.25) is 4.98 Å². The topological polar surface area (TPSA) is 51.6 Å². The summed E-state index contributed by atoms with van der Waals surface area (Å²) in [4.78, 5) is 20.3. The molecule has 0 unspecified atom stereocenters. The fraction of sp³-hybridized carbons (Fsp3) is 0. The summed E-state index contributed by atoms with van der Waals surface area (Å²) < 4.78 is 5.14. The molecule has 0 amide bonds. The average molecular weight is 801 g/mol. The zero-order chi connectivity index (χ0) is 39.6. The molecule has 0 spiro atoms. The number of rotatable bonds is 6. The van der Waals surface area contributed by atoms with Crippen molar-refractivity contribution >= 4 is 73.8 Å². The van der Waals surface area contributed by atoms with Crippen LogP contribution >= 0.6 is 22.7 Å². The van der Waals surface area contributed by atoms with Gasteiger partial charge in [-0.2, -0.15) is 0 Å². The first-order chi connectivity index (χ1) is 29.7. The third-order valence-corrected chi connectivity index (χ3v) is 13.7.